The molecule has 0 fully saturated rings. The molecule has 0 aromatic heterocycles. The van der Waals surface area contributed by atoms with Gasteiger partial charge in [0, 0.05) is 0 Å². The first-order chi connectivity index (χ1) is 25.8. The predicted molar refractivity (Wildman–Crippen MR) is 236 cm³/mol. The summed E-state index contributed by atoms with van der Waals surface area (Å²) in [6.45, 7) is 23.4. The van der Waals surface area contributed by atoms with Gasteiger partial charge in [0.25, 0.3) is 0 Å². The minimum absolute atomic E-state index is 0.872. The highest BCUT2D eigenvalue weighted by Crippen LogP contribution is 2.21. The van der Waals surface area contributed by atoms with E-state index in [1.165, 1.54) is 72.3 Å². The molecule has 0 radical (unpaired) electrons. The number of rotatable bonds is 3. The first kappa shape index (κ1) is 42.8. The topological polar surface area (TPSA) is 9.23 Å². The summed E-state index contributed by atoms with van der Waals surface area (Å²) in [5, 5.41) is 0. The van der Waals surface area contributed by atoms with E-state index in [1.807, 2.05) is 60.7 Å². The molecule has 0 atom stereocenters. The van der Waals surface area contributed by atoms with E-state index in [2.05, 4.69) is 179 Å². The molecular formula is C53H60O. The van der Waals surface area contributed by atoms with Crippen molar-refractivity contribution in [2.45, 2.75) is 76.2 Å². The first-order valence-corrected chi connectivity index (χ1v) is 18.8. The largest absolute Gasteiger partial charge is 0.457 e. The number of aryl methyl sites for hydroxylation is 10. The van der Waals surface area contributed by atoms with Crippen LogP contribution in [0.1, 0.15) is 61.2 Å². The summed E-state index contributed by atoms with van der Waals surface area (Å²) in [7, 11) is 0. The second kappa shape index (κ2) is 22.4. The van der Waals surface area contributed by atoms with E-state index in [4.69, 9.17) is 4.74 Å². The van der Waals surface area contributed by atoms with Gasteiger partial charge in [-0.2, -0.15) is 0 Å². The molecule has 278 valence electrons. The van der Waals surface area contributed by atoms with Crippen LogP contribution in [0.2, 0.25) is 0 Å². The van der Waals surface area contributed by atoms with Crippen LogP contribution in [0, 0.1) is 76.2 Å². The molecule has 0 saturated carbocycles. The molecule has 0 aliphatic carbocycles. The maximum atomic E-state index is 5.63. The van der Waals surface area contributed by atoms with Crippen LogP contribution in [0.3, 0.4) is 0 Å². The quantitative estimate of drug-likeness (QED) is 0.177. The van der Waals surface area contributed by atoms with E-state index >= 15 is 0 Å². The summed E-state index contributed by atoms with van der Waals surface area (Å²) in [5.74, 6) is 1.75. The van der Waals surface area contributed by atoms with Crippen molar-refractivity contribution in [2.75, 3.05) is 0 Å². The fourth-order valence-electron chi connectivity index (χ4n) is 5.39. The lowest BCUT2D eigenvalue weighted by atomic mass is 10.0. The fourth-order valence-corrected chi connectivity index (χ4v) is 5.39. The molecule has 0 N–H and O–H groups in total. The third kappa shape index (κ3) is 15.9. The van der Waals surface area contributed by atoms with Gasteiger partial charge in [-0.1, -0.05) is 173 Å². The van der Waals surface area contributed by atoms with Crippen molar-refractivity contribution in [3.8, 4) is 22.6 Å². The third-order valence-corrected chi connectivity index (χ3v) is 9.11. The average molecular weight is 713 g/mol. The zero-order valence-electron chi connectivity index (χ0n) is 34.5. The Morgan fingerprint density at radius 2 is 0.611 bits per heavy atom. The van der Waals surface area contributed by atoms with Crippen molar-refractivity contribution in [3.05, 3.63) is 225 Å². The molecule has 0 saturated heterocycles. The molecule has 7 aromatic carbocycles. The summed E-state index contributed by atoms with van der Waals surface area (Å²) in [6.07, 6.45) is 0. The summed E-state index contributed by atoms with van der Waals surface area (Å²) in [4.78, 5) is 0. The Labute approximate surface area is 327 Å². The maximum absolute atomic E-state index is 5.63. The smallest absolute Gasteiger partial charge is 0.127 e. The minimum Gasteiger partial charge on any atom is -0.457 e. The van der Waals surface area contributed by atoms with E-state index < -0.39 is 0 Å². The van der Waals surface area contributed by atoms with Gasteiger partial charge in [-0.05, 0) is 139 Å². The molecule has 1 heteroatoms. The Bertz CT molecular complexity index is 2050. The molecule has 0 amide bonds. The van der Waals surface area contributed by atoms with E-state index in [1.54, 1.807) is 0 Å². The molecule has 54 heavy (non-hydrogen) atoms. The molecule has 7 rings (SSSR count). The zero-order valence-corrected chi connectivity index (χ0v) is 34.5. The minimum atomic E-state index is 0.872. The van der Waals surface area contributed by atoms with Crippen molar-refractivity contribution in [3.63, 3.8) is 0 Å². The Hall–Kier alpha value is -5.66. The van der Waals surface area contributed by atoms with Crippen molar-refractivity contribution in [1.29, 1.82) is 0 Å². The van der Waals surface area contributed by atoms with Gasteiger partial charge in [-0.3, -0.25) is 0 Å². The second-order valence-corrected chi connectivity index (χ2v) is 14.2. The van der Waals surface area contributed by atoms with Gasteiger partial charge in [-0.15, -0.1) is 0 Å². The SMILES string of the molecule is Cc1cc(C)c(C)c(C)c1.Cc1ccc(-c2ccccc2)cc1.Cc1ccc(C)c(C)c1.Cc1ccc(C)cc1.Cc1ccc(Oc2ccccc2)cc1. The summed E-state index contributed by atoms with van der Waals surface area (Å²) in [6, 6.07) is 56.3. The second-order valence-electron chi connectivity index (χ2n) is 14.2. The van der Waals surface area contributed by atoms with Gasteiger partial charge in [0.15, 0.2) is 0 Å². The van der Waals surface area contributed by atoms with Gasteiger partial charge in [0.05, 0.1) is 0 Å². The predicted octanol–water partition coefficient (Wildman–Crippen LogP) is 15.3. The highest BCUT2D eigenvalue weighted by molar-refractivity contribution is 5.63. The Balaban J connectivity index is 0.000000184. The standard InChI is InChI=1S/C13H12O.C13H12.C10H14.C9H12.C8H10/c1-11-7-9-13(10-8-11)14-12-5-3-2-4-6-12;1-11-7-9-13(10-8-11)12-5-3-2-4-6-12;1-7-5-8(2)10(4)9(3)6-7;1-7-4-5-8(2)9(3)6-7;1-7-3-5-8(2)6-4-7/h2-10H,1H3;2-10H,1H3;5-6H,1-4H3;4-6H,1-3H3;3-6H,1-2H3. The number of benzene rings is 7. The monoisotopic (exact) mass is 712 g/mol. The van der Waals surface area contributed by atoms with Crippen LogP contribution in [0.15, 0.2) is 164 Å². The van der Waals surface area contributed by atoms with Crippen molar-refractivity contribution in [2.24, 2.45) is 0 Å². The van der Waals surface area contributed by atoms with E-state index in [0.29, 0.717) is 0 Å². The van der Waals surface area contributed by atoms with Crippen molar-refractivity contribution >= 4 is 0 Å². The van der Waals surface area contributed by atoms with Crippen LogP contribution in [-0.2, 0) is 0 Å². The van der Waals surface area contributed by atoms with E-state index in [9.17, 15) is 0 Å². The Morgan fingerprint density at radius 1 is 0.259 bits per heavy atom. The Kier molecular flexibility index (Phi) is 17.7. The molecule has 0 spiro atoms. The summed E-state index contributed by atoms with van der Waals surface area (Å²) in [5.41, 5.74) is 17.5. The van der Waals surface area contributed by atoms with Crippen molar-refractivity contribution in [1.82, 2.24) is 0 Å². The average Bonchev–Trinajstić information content (AvgIpc) is 3.16. The highest BCUT2D eigenvalue weighted by atomic mass is 16.5. The van der Waals surface area contributed by atoms with Crippen molar-refractivity contribution < 1.29 is 4.74 Å². The number of hydrogen-bond acceptors (Lipinski definition) is 1. The maximum Gasteiger partial charge on any atom is 0.127 e. The lowest BCUT2D eigenvalue weighted by molar-refractivity contribution is 0.482. The van der Waals surface area contributed by atoms with E-state index in [0.717, 1.165) is 11.5 Å². The molecule has 0 unspecified atom stereocenters. The number of para-hydroxylation sites is 1. The van der Waals surface area contributed by atoms with Crippen LogP contribution in [0.4, 0.5) is 0 Å². The molecule has 0 bridgehead atoms. The Morgan fingerprint density at radius 3 is 1.06 bits per heavy atom. The fraction of sp³-hybridized carbons (Fsp3) is 0.208. The summed E-state index contributed by atoms with van der Waals surface area (Å²) < 4.78 is 5.63. The third-order valence-electron chi connectivity index (χ3n) is 9.11. The van der Waals surface area contributed by atoms with Gasteiger partial charge in [0.1, 0.15) is 11.5 Å². The molecule has 7 aromatic rings. The zero-order chi connectivity index (χ0) is 39.5. The van der Waals surface area contributed by atoms with Crippen LogP contribution in [0.5, 0.6) is 11.5 Å². The molecule has 0 heterocycles. The van der Waals surface area contributed by atoms with Crippen LogP contribution < -0.4 is 4.74 Å². The number of ether oxygens (including phenoxy) is 1. The highest BCUT2D eigenvalue weighted by Gasteiger charge is 1.97. The summed E-state index contributed by atoms with van der Waals surface area (Å²) >= 11 is 0. The van der Waals surface area contributed by atoms with E-state index in [-0.39, 0.29) is 0 Å². The lowest BCUT2D eigenvalue weighted by Gasteiger charge is -2.04. The van der Waals surface area contributed by atoms with Gasteiger partial charge >= 0.3 is 0 Å². The lowest BCUT2D eigenvalue weighted by Crippen LogP contribution is -1.86. The van der Waals surface area contributed by atoms with Crippen LogP contribution in [-0.4, -0.2) is 0 Å². The molecule has 0 aliphatic rings. The van der Waals surface area contributed by atoms with Gasteiger partial charge in [-0.25, -0.2) is 0 Å². The number of hydrogen-bond donors (Lipinski definition) is 0. The van der Waals surface area contributed by atoms with Gasteiger partial charge in [0.2, 0.25) is 0 Å². The van der Waals surface area contributed by atoms with Gasteiger partial charge < -0.3 is 4.74 Å². The normalized spacial score (nSPS) is 9.76. The van der Waals surface area contributed by atoms with Crippen LogP contribution >= 0.6 is 0 Å². The first-order valence-electron chi connectivity index (χ1n) is 18.8. The molecular weight excluding hydrogens is 653 g/mol. The molecule has 0 aliphatic heterocycles. The van der Waals surface area contributed by atoms with Crippen LogP contribution in [0.25, 0.3) is 11.1 Å². The molecule has 1 nitrogen and oxygen atoms in total.